The van der Waals surface area contributed by atoms with E-state index < -0.39 is 16.8 Å². The number of nitrogens with one attached hydrogen (secondary N) is 1. The van der Waals surface area contributed by atoms with E-state index in [-0.39, 0.29) is 36.9 Å². The van der Waals surface area contributed by atoms with E-state index in [1.54, 1.807) is 19.1 Å². The van der Waals surface area contributed by atoms with E-state index in [1.165, 1.54) is 41.4 Å². The van der Waals surface area contributed by atoms with Gasteiger partial charge in [0.25, 0.3) is 11.6 Å². The molecule has 2 aromatic heterocycles. The van der Waals surface area contributed by atoms with Gasteiger partial charge in [0.15, 0.2) is 12.4 Å². The molecule has 0 unspecified atom stereocenters. The number of nitro benzene ring substituents is 1. The molecule has 2 heterocycles. The predicted octanol–water partition coefficient (Wildman–Crippen LogP) is 2.25. The number of non-ortho nitro benzene ring substituents is 1. The molecule has 0 radical (unpaired) electrons. The van der Waals surface area contributed by atoms with Crippen LogP contribution in [0.15, 0.2) is 53.3 Å². The Morgan fingerprint density at radius 2 is 2.03 bits per heavy atom. The van der Waals surface area contributed by atoms with Gasteiger partial charge < -0.3 is 19.2 Å². The molecule has 30 heavy (non-hydrogen) atoms. The Kier molecular flexibility index (Phi) is 6.42. The summed E-state index contributed by atoms with van der Waals surface area (Å²) in [5, 5.41) is 17.6. The highest BCUT2D eigenvalue weighted by atomic mass is 16.6. The van der Waals surface area contributed by atoms with Crippen LogP contribution in [0.1, 0.15) is 23.2 Å². The molecule has 1 N–H and O–H groups in total. The molecule has 0 saturated carbocycles. The summed E-state index contributed by atoms with van der Waals surface area (Å²) in [6.07, 6.45) is 2.89. The Labute approximate surface area is 170 Å². The summed E-state index contributed by atoms with van der Waals surface area (Å²) in [4.78, 5) is 34.5. The summed E-state index contributed by atoms with van der Waals surface area (Å²) >= 11 is 0. The maximum atomic E-state index is 12.2. The zero-order valence-corrected chi connectivity index (χ0v) is 15.9. The second kappa shape index (κ2) is 9.37. The maximum absolute atomic E-state index is 12.2. The van der Waals surface area contributed by atoms with Crippen LogP contribution < -0.4 is 10.1 Å². The third-order valence-electron chi connectivity index (χ3n) is 3.87. The van der Waals surface area contributed by atoms with Gasteiger partial charge in [-0.2, -0.15) is 5.10 Å². The van der Waals surface area contributed by atoms with Crippen molar-refractivity contribution >= 4 is 17.6 Å². The fourth-order valence-corrected chi connectivity index (χ4v) is 2.46. The van der Waals surface area contributed by atoms with Gasteiger partial charge in [0.2, 0.25) is 5.69 Å². The van der Waals surface area contributed by atoms with Crippen molar-refractivity contribution in [2.45, 2.75) is 13.5 Å². The number of hydrogen-bond donors (Lipinski definition) is 1. The Hall–Kier alpha value is -4.15. The molecule has 0 bridgehead atoms. The number of aromatic nitrogens is 2. The van der Waals surface area contributed by atoms with E-state index in [0.29, 0.717) is 11.4 Å². The van der Waals surface area contributed by atoms with E-state index in [1.807, 2.05) is 0 Å². The number of carbonyl (C=O) groups excluding carboxylic acids is 2. The van der Waals surface area contributed by atoms with Crippen LogP contribution in [-0.2, 0) is 16.1 Å². The number of esters is 1. The van der Waals surface area contributed by atoms with Gasteiger partial charge >= 0.3 is 5.97 Å². The van der Waals surface area contributed by atoms with Crippen molar-refractivity contribution in [1.82, 2.24) is 15.1 Å². The van der Waals surface area contributed by atoms with Gasteiger partial charge in [-0.3, -0.25) is 14.9 Å². The molecule has 0 aliphatic heterocycles. The summed E-state index contributed by atoms with van der Waals surface area (Å²) in [7, 11) is 0. The van der Waals surface area contributed by atoms with Crippen LogP contribution in [-0.4, -0.2) is 39.8 Å². The molecule has 0 saturated heterocycles. The molecular weight excluding hydrogens is 396 g/mol. The molecule has 11 heteroatoms. The summed E-state index contributed by atoms with van der Waals surface area (Å²) in [5.41, 5.74) is 0.263. The lowest BCUT2D eigenvalue weighted by Crippen LogP contribution is -2.28. The monoisotopic (exact) mass is 414 g/mol. The minimum absolute atomic E-state index is 0.0416. The van der Waals surface area contributed by atoms with E-state index in [4.69, 9.17) is 13.9 Å². The standard InChI is InChI=1S/C19H18N4O7/c1-2-28-19(25)18-16(30-12-17(24)20-10-15-4-3-9-29-15)11-22(21-18)13-5-7-14(8-6-13)23(26)27/h3-9,11H,2,10,12H2,1H3,(H,20,24). The number of rotatable bonds is 9. The summed E-state index contributed by atoms with van der Waals surface area (Å²) in [5.74, 6) is -0.519. The number of nitrogens with zero attached hydrogens (tertiary/aromatic N) is 3. The third kappa shape index (κ3) is 5.01. The van der Waals surface area contributed by atoms with Gasteiger partial charge in [-0.15, -0.1) is 0 Å². The Morgan fingerprint density at radius 3 is 2.67 bits per heavy atom. The lowest BCUT2D eigenvalue weighted by Gasteiger charge is -2.06. The van der Waals surface area contributed by atoms with Crippen LogP contribution in [0, 0.1) is 10.1 Å². The normalized spacial score (nSPS) is 10.4. The van der Waals surface area contributed by atoms with Crippen molar-refractivity contribution in [3.63, 3.8) is 0 Å². The topological polar surface area (TPSA) is 139 Å². The quantitative estimate of drug-likeness (QED) is 0.319. The summed E-state index contributed by atoms with van der Waals surface area (Å²) in [6, 6.07) is 8.98. The van der Waals surface area contributed by atoms with E-state index in [0.717, 1.165) is 0 Å². The maximum Gasteiger partial charge on any atom is 0.362 e. The first-order valence-electron chi connectivity index (χ1n) is 8.91. The molecule has 156 valence electrons. The van der Waals surface area contributed by atoms with Gasteiger partial charge in [-0.25, -0.2) is 9.48 Å². The number of ether oxygens (including phenoxy) is 2. The zero-order valence-electron chi connectivity index (χ0n) is 15.9. The molecule has 1 aromatic carbocycles. The molecule has 1 amide bonds. The van der Waals surface area contributed by atoms with E-state index in [2.05, 4.69) is 10.4 Å². The highest BCUT2D eigenvalue weighted by Gasteiger charge is 2.21. The second-order valence-corrected chi connectivity index (χ2v) is 5.93. The summed E-state index contributed by atoms with van der Waals surface area (Å²) < 4.78 is 16.9. The molecule has 0 aliphatic rings. The molecular formula is C19H18N4O7. The van der Waals surface area contributed by atoms with Gasteiger partial charge in [0.05, 0.1) is 36.2 Å². The van der Waals surface area contributed by atoms with Crippen LogP contribution in [0.4, 0.5) is 5.69 Å². The first kappa shape index (κ1) is 20.6. The van der Waals surface area contributed by atoms with Crippen LogP contribution >= 0.6 is 0 Å². The highest BCUT2D eigenvalue weighted by molar-refractivity contribution is 5.90. The molecule has 3 rings (SSSR count). The van der Waals surface area contributed by atoms with E-state index in [9.17, 15) is 19.7 Å². The van der Waals surface area contributed by atoms with E-state index >= 15 is 0 Å². The number of benzene rings is 1. The average Bonchev–Trinajstić information content (AvgIpc) is 3.41. The van der Waals surface area contributed by atoms with Crippen LogP contribution in [0.25, 0.3) is 5.69 Å². The fraction of sp³-hybridized carbons (Fsp3) is 0.211. The van der Waals surface area contributed by atoms with Crippen LogP contribution in [0.2, 0.25) is 0 Å². The Bertz CT molecular complexity index is 1030. The second-order valence-electron chi connectivity index (χ2n) is 5.93. The first-order valence-corrected chi connectivity index (χ1v) is 8.91. The number of hydrogen-bond acceptors (Lipinski definition) is 8. The fourth-order valence-electron chi connectivity index (χ4n) is 2.46. The van der Waals surface area contributed by atoms with Crippen molar-refractivity contribution in [3.8, 4) is 11.4 Å². The first-order chi connectivity index (χ1) is 14.5. The minimum atomic E-state index is -0.718. The smallest absolute Gasteiger partial charge is 0.362 e. The molecule has 11 nitrogen and oxygen atoms in total. The summed E-state index contributed by atoms with van der Waals surface area (Å²) in [6.45, 7) is 1.61. The number of carbonyl (C=O) groups is 2. The highest BCUT2D eigenvalue weighted by Crippen LogP contribution is 2.22. The van der Waals surface area contributed by atoms with Crippen molar-refractivity contribution in [3.05, 3.63) is 70.4 Å². The van der Waals surface area contributed by atoms with Crippen molar-refractivity contribution < 1.29 is 28.4 Å². The van der Waals surface area contributed by atoms with Gasteiger partial charge in [0, 0.05) is 12.1 Å². The average molecular weight is 414 g/mol. The SMILES string of the molecule is CCOC(=O)c1nn(-c2ccc([N+](=O)[O-])cc2)cc1OCC(=O)NCc1ccco1. The van der Waals surface area contributed by atoms with Gasteiger partial charge in [0.1, 0.15) is 5.76 Å². The lowest BCUT2D eigenvalue weighted by atomic mass is 10.3. The Morgan fingerprint density at radius 1 is 1.27 bits per heavy atom. The zero-order chi connectivity index (χ0) is 21.5. The molecule has 0 fully saturated rings. The number of nitro groups is 1. The van der Waals surface area contributed by atoms with Crippen LogP contribution in [0.3, 0.4) is 0 Å². The van der Waals surface area contributed by atoms with Crippen molar-refractivity contribution in [2.75, 3.05) is 13.2 Å². The number of furan rings is 1. The minimum Gasteiger partial charge on any atom is -0.480 e. The predicted molar refractivity (Wildman–Crippen MR) is 102 cm³/mol. The molecule has 0 aliphatic carbocycles. The van der Waals surface area contributed by atoms with Crippen LogP contribution in [0.5, 0.6) is 5.75 Å². The molecule has 0 spiro atoms. The number of amides is 1. The third-order valence-corrected chi connectivity index (χ3v) is 3.87. The Balaban J connectivity index is 1.73. The largest absolute Gasteiger partial charge is 0.480 e. The van der Waals surface area contributed by atoms with Gasteiger partial charge in [-0.1, -0.05) is 0 Å². The van der Waals surface area contributed by atoms with Crippen molar-refractivity contribution in [2.24, 2.45) is 0 Å². The van der Waals surface area contributed by atoms with Gasteiger partial charge in [-0.05, 0) is 31.2 Å². The van der Waals surface area contributed by atoms with Crippen molar-refractivity contribution in [1.29, 1.82) is 0 Å². The molecule has 3 aromatic rings. The molecule has 0 atom stereocenters. The lowest BCUT2D eigenvalue weighted by molar-refractivity contribution is -0.384.